The molecule has 2 aromatic carbocycles. The maximum Gasteiger partial charge on any atom is 0.257 e. The van der Waals surface area contributed by atoms with Crippen molar-refractivity contribution in [2.75, 3.05) is 31.5 Å². The van der Waals surface area contributed by atoms with Crippen molar-refractivity contribution in [2.45, 2.75) is 6.92 Å². The molecule has 0 fully saturated rings. The Balaban J connectivity index is 1.70. The Kier molecular flexibility index (Phi) is 6.47. The van der Waals surface area contributed by atoms with E-state index in [-0.39, 0.29) is 5.91 Å². The van der Waals surface area contributed by atoms with E-state index in [4.69, 9.17) is 14.2 Å². The molecule has 0 radical (unpaired) electrons. The third-order valence-electron chi connectivity index (χ3n) is 3.97. The van der Waals surface area contributed by atoms with Crippen LogP contribution in [0.4, 0.5) is 17.3 Å². The Labute approximate surface area is 168 Å². The van der Waals surface area contributed by atoms with Gasteiger partial charge >= 0.3 is 0 Å². The van der Waals surface area contributed by atoms with Gasteiger partial charge in [-0.3, -0.25) is 4.79 Å². The number of nitrogens with zero attached hydrogens (tertiary/aromatic N) is 2. The minimum atomic E-state index is -0.348. The number of ether oxygens (including phenoxy) is 3. The predicted molar refractivity (Wildman–Crippen MR) is 110 cm³/mol. The molecule has 29 heavy (non-hydrogen) atoms. The van der Waals surface area contributed by atoms with E-state index < -0.39 is 0 Å². The molecule has 150 valence electrons. The monoisotopic (exact) mass is 394 g/mol. The number of hydrogen-bond donors (Lipinski definition) is 2. The fraction of sp³-hybridized carbons (Fsp3) is 0.190. The van der Waals surface area contributed by atoms with E-state index in [0.717, 1.165) is 11.4 Å². The highest BCUT2D eigenvalue weighted by atomic mass is 16.5. The smallest absolute Gasteiger partial charge is 0.257 e. The Bertz CT molecular complexity index is 954. The van der Waals surface area contributed by atoms with Gasteiger partial charge in [0.15, 0.2) is 11.6 Å². The first kappa shape index (κ1) is 19.9. The van der Waals surface area contributed by atoms with Crippen LogP contribution in [0.5, 0.6) is 17.2 Å². The summed E-state index contributed by atoms with van der Waals surface area (Å²) in [6.45, 7) is 2.48. The molecule has 8 nitrogen and oxygen atoms in total. The largest absolute Gasteiger partial charge is 0.497 e. The van der Waals surface area contributed by atoms with Crippen molar-refractivity contribution in [3.8, 4) is 17.2 Å². The summed E-state index contributed by atoms with van der Waals surface area (Å²) in [4.78, 5) is 12.5. The Morgan fingerprint density at radius 3 is 2.21 bits per heavy atom. The first-order valence-electron chi connectivity index (χ1n) is 9.00. The zero-order valence-electron chi connectivity index (χ0n) is 16.4. The lowest BCUT2D eigenvalue weighted by Gasteiger charge is -2.11. The van der Waals surface area contributed by atoms with Crippen molar-refractivity contribution >= 4 is 23.2 Å². The molecule has 3 aromatic rings. The van der Waals surface area contributed by atoms with Crippen LogP contribution in [0, 0.1) is 0 Å². The van der Waals surface area contributed by atoms with Gasteiger partial charge in [-0.05, 0) is 43.3 Å². The third-order valence-corrected chi connectivity index (χ3v) is 3.97. The number of aromatic nitrogens is 2. The van der Waals surface area contributed by atoms with Gasteiger partial charge in [-0.15, -0.1) is 10.2 Å². The minimum Gasteiger partial charge on any atom is -0.497 e. The number of methoxy groups -OCH3 is 2. The zero-order chi connectivity index (χ0) is 20.6. The first-order chi connectivity index (χ1) is 14.1. The number of hydrogen-bond acceptors (Lipinski definition) is 7. The fourth-order valence-corrected chi connectivity index (χ4v) is 2.58. The highest BCUT2D eigenvalue weighted by Gasteiger charge is 2.11. The normalized spacial score (nSPS) is 10.2. The highest BCUT2D eigenvalue weighted by Crippen LogP contribution is 2.27. The van der Waals surface area contributed by atoms with Gasteiger partial charge in [0.25, 0.3) is 5.91 Å². The predicted octanol–water partition coefficient (Wildman–Crippen LogP) is 3.89. The van der Waals surface area contributed by atoms with Gasteiger partial charge in [-0.25, -0.2) is 0 Å². The minimum absolute atomic E-state index is 0.320. The molecule has 2 N–H and O–H groups in total. The molecule has 0 aliphatic carbocycles. The van der Waals surface area contributed by atoms with Crippen molar-refractivity contribution in [1.29, 1.82) is 0 Å². The van der Waals surface area contributed by atoms with Crippen LogP contribution in [0.15, 0.2) is 54.6 Å². The van der Waals surface area contributed by atoms with Gasteiger partial charge in [-0.1, -0.05) is 12.1 Å². The summed E-state index contributed by atoms with van der Waals surface area (Å²) in [5, 5.41) is 14.0. The van der Waals surface area contributed by atoms with E-state index in [1.807, 2.05) is 31.2 Å². The summed E-state index contributed by atoms with van der Waals surface area (Å²) < 4.78 is 16.0. The maximum absolute atomic E-state index is 12.5. The van der Waals surface area contributed by atoms with Gasteiger partial charge in [0.05, 0.1) is 26.5 Å². The summed E-state index contributed by atoms with van der Waals surface area (Å²) in [5.41, 5.74) is 1.17. The zero-order valence-corrected chi connectivity index (χ0v) is 16.4. The first-order valence-corrected chi connectivity index (χ1v) is 9.00. The van der Waals surface area contributed by atoms with E-state index in [1.165, 1.54) is 14.2 Å². The molecule has 1 heterocycles. The lowest BCUT2D eigenvalue weighted by atomic mass is 10.2. The van der Waals surface area contributed by atoms with Crippen LogP contribution in [-0.2, 0) is 0 Å². The van der Waals surface area contributed by atoms with Crippen molar-refractivity contribution < 1.29 is 19.0 Å². The number of rotatable bonds is 8. The maximum atomic E-state index is 12.5. The fourth-order valence-electron chi connectivity index (χ4n) is 2.58. The average Bonchev–Trinajstić information content (AvgIpc) is 2.76. The van der Waals surface area contributed by atoms with Crippen LogP contribution in [0.2, 0.25) is 0 Å². The number of para-hydroxylation sites is 2. The molecule has 1 amide bonds. The molecule has 0 atom stereocenters. The van der Waals surface area contributed by atoms with E-state index in [0.29, 0.717) is 35.3 Å². The molecular formula is C21H22N4O4. The molecule has 0 saturated heterocycles. The number of anilines is 3. The number of carbonyl (C=O) groups is 1. The number of carbonyl (C=O) groups excluding carboxylic acids is 1. The number of benzene rings is 2. The van der Waals surface area contributed by atoms with Gasteiger partial charge in [-0.2, -0.15) is 0 Å². The molecule has 1 aromatic heterocycles. The second-order valence-corrected chi connectivity index (χ2v) is 5.91. The Hall–Kier alpha value is -3.81. The van der Waals surface area contributed by atoms with Crippen LogP contribution in [0.1, 0.15) is 17.3 Å². The van der Waals surface area contributed by atoms with E-state index in [2.05, 4.69) is 20.8 Å². The van der Waals surface area contributed by atoms with Crippen molar-refractivity contribution in [2.24, 2.45) is 0 Å². The standard InChI is InChI=1S/C21H22N4O4/c1-4-29-18-8-6-5-7-17(18)22-19-9-10-20(25-24-19)23-21(26)14-11-15(27-2)13-16(12-14)28-3/h5-13H,4H2,1-3H3,(H,22,24)(H,23,25,26). The molecule has 0 unspecified atom stereocenters. The third kappa shape index (κ3) is 5.13. The quantitative estimate of drug-likeness (QED) is 0.598. The Morgan fingerprint density at radius 2 is 1.59 bits per heavy atom. The van der Waals surface area contributed by atoms with Crippen LogP contribution < -0.4 is 24.8 Å². The Morgan fingerprint density at radius 1 is 0.931 bits per heavy atom. The second kappa shape index (κ2) is 9.41. The van der Waals surface area contributed by atoms with E-state index >= 15 is 0 Å². The van der Waals surface area contributed by atoms with Crippen molar-refractivity contribution in [3.63, 3.8) is 0 Å². The summed E-state index contributed by atoms with van der Waals surface area (Å²) in [5.74, 6) is 2.26. The molecule has 0 aliphatic heterocycles. The molecule has 0 saturated carbocycles. The second-order valence-electron chi connectivity index (χ2n) is 5.91. The lowest BCUT2D eigenvalue weighted by molar-refractivity contribution is 0.102. The van der Waals surface area contributed by atoms with Crippen LogP contribution in [0.3, 0.4) is 0 Å². The highest BCUT2D eigenvalue weighted by molar-refractivity contribution is 6.04. The SMILES string of the molecule is CCOc1ccccc1Nc1ccc(NC(=O)c2cc(OC)cc(OC)c2)nn1. The summed E-state index contributed by atoms with van der Waals surface area (Å²) in [6.07, 6.45) is 0. The van der Waals surface area contributed by atoms with E-state index in [9.17, 15) is 4.79 Å². The lowest BCUT2D eigenvalue weighted by Crippen LogP contribution is -2.14. The molecular weight excluding hydrogens is 372 g/mol. The molecule has 0 bridgehead atoms. The summed E-state index contributed by atoms with van der Waals surface area (Å²) >= 11 is 0. The van der Waals surface area contributed by atoms with Gasteiger partial charge in [0, 0.05) is 11.6 Å². The van der Waals surface area contributed by atoms with Gasteiger partial charge in [0.1, 0.15) is 17.2 Å². The molecule has 8 heteroatoms. The van der Waals surface area contributed by atoms with Crippen LogP contribution in [0.25, 0.3) is 0 Å². The van der Waals surface area contributed by atoms with Gasteiger partial charge in [0.2, 0.25) is 0 Å². The number of amides is 1. The van der Waals surface area contributed by atoms with Crippen LogP contribution in [-0.4, -0.2) is 36.9 Å². The molecule has 0 aliphatic rings. The molecule has 3 rings (SSSR count). The van der Waals surface area contributed by atoms with Crippen molar-refractivity contribution in [3.05, 3.63) is 60.2 Å². The summed E-state index contributed by atoms with van der Waals surface area (Å²) in [7, 11) is 3.05. The average molecular weight is 394 g/mol. The summed E-state index contributed by atoms with van der Waals surface area (Å²) in [6, 6.07) is 15.9. The topological polar surface area (TPSA) is 94.6 Å². The van der Waals surface area contributed by atoms with Crippen LogP contribution >= 0.6 is 0 Å². The molecule has 0 spiro atoms. The number of nitrogens with one attached hydrogen (secondary N) is 2. The van der Waals surface area contributed by atoms with Crippen molar-refractivity contribution in [1.82, 2.24) is 10.2 Å². The van der Waals surface area contributed by atoms with Gasteiger partial charge < -0.3 is 24.8 Å². The van der Waals surface area contributed by atoms with E-state index in [1.54, 1.807) is 30.3 Å².